The van der Waals surface area contributed by atoms with Gasteiger partial charge in [0.1, 0.15) is 5.75 Å². The van der Waals surface area contributed by atoms with E-state index in [1.807, 2.05) is 6.07 Å². The molecule has 1 aromatic rings. The average Bonchev–Trinajstić information content (AvgIpc) is 2.92. The standard InChI is InChI=1S/C22H26O6S/c1-4-22(27-14(2)23)12-10-20-19-7-5-15-13-16(28-29(24,25)26)6-8-17(15)18(19)9-11-21(20,22)3/h1,6,8,13,18-20H,5,7,9-12H2,2-3H3,(H,24,25,26)/t18-,19-,20+,21+,22+/m1/s1. The number of rotatable bonds is 3. The molecule has 0 amide bonds. The van der Waals surface area contributed by atoms with Crippen molar-refractivity contribution in [2.45, 2.75) is 63.9 Å². The lowest BCUT2D eigenvalue weighted by atomic mass is 9.53. The Bertz CT molecular complexity index is 993. The van der Waals surface area contributed by atoms with Crippen LogP contribution in [0.15, 0.2) is 18.2 Å². The summed E-state index contributed by atoms with van der Waals surface area (Å²) < 4.78 is 41.3. The largest absolute Gasteiger partial charge is 0.446 e. The molecular formula is C22H26O6S. The number of hydrogen-bond donors (Lipinski definition) is 1. The molecule has 2 fully saturated rings. The quantitative estimate of drug-likeness (QED) is 0.458. The topological polar surface area (TPSA) is 89.9 Å². The Kier molecular flexibility index (Phi) is 4.71. The fourth-order valence-corrected chi connectivity index (χ4v) is 6.76. The maximum absolute atomic E-state index is 11.8. The summed E-state index contributed by atoms with van der Waals surface area (Å²) in [6, 6.07) is 5.24. The summed E-state index contributed by atoms with van der Waals surface area (Å²) >= 11 is 0. The minimum atomic E-state index is -4.53. The summed E-state index contributed by atoms with van der Waals surface area (Å²) in [6.07, 6.45) is 11.1. The van der Waals surface area contributed by atoms with Gasteiger partial charge >= 0.3 is 16.4 Å². The van der Waals surface area contributed by atoms with Crippen molar-refractivity contribution >= 4 is 16.4 Å². The van der Waals surface area contributed by atoms with Crippen LogP contribution in [0, 0.1) is 29.6 Å². The first-order chi connectivity index (χ1) is 13.6. The summed E-state index contributed by atoms with van der Waals surface area (Å²) in [7, 11) is -4.53. The monoisotopic (exact) mass is 418 g/mol. The van der Waals surface area contributed by atoms with E-state index >= 15 is 0 Å². The Labute approximate surface area is 171 Å². The lowest BCUT2D eigenvalue weighted by Crippen LogP contribution is -2.52. The van der Waals surface area contributed by atoms with E-state index in [1.165, 1.54) is 12.5 Å². The zero-order chi connectivity index (χ0) is 21.0. The molecule has 0 bridgehead atoms. The smallest absolute Gasteiger partial charge is 0.445 e. The first-order valence-corrected chi connectivity index (χ1v) is 11.4. The van der Waals surface area contributed by atoms with Gasteiger partial charge in [0, 0.05) is 12.3 Å². The van der Waals surface area contributed by atoms with Crippen molar-refractivity contribution in [1.82, 2.24) is 0 Å². The Morgan fingerprint density at radius 2 is 2.03 bits per heavy atom. The van der Waals surface area contributed by atoms with Crippen molar-refractivity contribution in [3.05, 3.63) is 29.3 Å². The molecule has 0 spiro atoms. The highest BCUT2D eigenvalue weighted by Crippen LogP contribution is 2.65. The first kappa shape index (κ1) is 20.2. The van der Waals surface area contributed by atoms with Crippen molar-refractivity contribution in [3.63, 3.8) is 0 Å². The molecule has 3 aliphatic carbocycles. The van der Waals surface area contributed by atoms with Gasteiger partial charge < -0.3 is 8.92 Å². The molecule has 1 N–H and O–H groups in total. The van der Waals surface area contributed by atoms with E-state index in [4.69, 9.17) is 15.7 Å². The van der Waals surface area contributed by atoms with Crippen LogP contribution in [0.4, 0.5) is 0 Å². The first-order valence-electron chi connectivity index (χ1n) is 10.1. The van der Waals surface area contributed by atoms with Crippen LogP contribution in [0.25, 0.3) is 0 Å². The summed E-state index contributed by atoms with van der Waals surface area (Å²) in [5.41, 5.74) is 1.22. The number of aryl methyl sites for hydroxylation is 1. The molecule has 3 aliphatic rings. The van der Waals surface area contributed by atoms with Crippen molar-refractivity contribution in [1.29, 1.82) is 0 Å². The maximum atomic E-state index is 11.8. The van der Waals surface area contributed by atoms with E-state index in [9.17, 15) is 13.2 Å². The van der Waals surface area contributed by atoms with Crippen molar-refractivity contribution in [2.75, 3.05) is 0 Å². The van der Waals surface area contributed by atoms with Crippen LogP contribution >= 0.6 is 0 Å². The van der Waals surface area contributed by atoms with Gasteiger partial charge in [-0.1, -0.05) is 18.9 Å². The lowest BCUT2D eigenvalue weighted by Gasteiger charge is -2.52. The Hall–Kier alpha value is -2.04. The SMILES string of the molecule is C#C[C@]1(OC(C)=O)CC[C@H]2[C@@H]3CCc4cc(OS(=O)(=O)O)ccc4[C@H]3CC[C@@]21C. The van der Waals surface area contributed by atoms with E-state index < -0.39 is 16.0 Å². The van der Waals surface area contributed by atoms with E-state index in [-0.39, 0.29) is 17.1 Å². The van der Waals surface area contributed by atoms with Crippen LogP contribution in [0.3, 0.4) is 0 Å². The fraction of sp³-hybridized carbons (Fsp3) is 0.591. The minimum Gasteiger partial charge on any atom is -0.445 e. The summed E-state index contributed by atoms with van der Waals surface area (Å²) in [4.78, 5) is 11.8. The van der Waals surface area contributed by atoms with Crippen molar-refractivity contribution < 1.29 is 26.7 Å². The Balaban J connectivity index is 1.64. The summed E-state index contributed by atoms with van der Waals surface area (Å²) in [6.45, 7) is 3.60. The third kappa shape index (κ3) is 3.23. The molecule has 7 heteroatoms. The highest BCUT2D eigenvalue weighted by molar-refractivity contribution is 7.81. The van der Waals surface area contributed by atoms with Crippen LogP contribution in [0.2, 0.25) is 0 Å². The number of ether oxygens (including phenoxy) is 1. The van der Waals surface area contributed by atoms with Gasteiger partial charge in [-0.05, 0) is 79.5 Å². The maximum Gasteiger partial charge on any atom is 0.446 e. The molecule has 0 unspecified atom stereocenters. The number of fused-ring (bicyclic) bond motifs is 5. The molecule has 0 saturated heterocycles. The molecule has 156 valence electrons. The van der Waals surface area contributed by atoms with Crippen LogP contribution in [-0.4, -0.2) is 24.5 Å². The fourth-order valence-electron chi connectivity index (χ4n) is 6.41. The van der Waals surface area contributed by atoms with E-state index in [0.29, 0.717) is 24.2 Å². The molecule has 0 aliphatic heterocycles. The van der Waals surface area contributed by atoms with Crippen LogP contribution in [0.1, 0.15) is 63.0 Å². The molecule has 0 radical (unpaired) electrons. The van der Waals surface area contributed by atoms with Gasteiger partial charge in [-0.2, -0.15) is 8.42 Å². The second-order valence-electron chi connectivity index (χ2n) is 8.85. The van der Waals surface area contributed by atoms with Gasteiger partial charge in [-0.3, -0.25) is 9.35 Å². The Morgan fingerprint density at radius 1 is 1.28 bits per heavy atom. The van der Waals surface area contributed by atoms with Gasteiger partial charge in [0.2, 0.25) is 0 Å². The second-order valence-corrected chi connectivity index (χ2v) is 9.87. The normalized spacial score (nSPS) is 35.6. The van der Waals surface area contributed by atoms with E-state index in [2.05, 4.69) is 17.0 Å². The van der Waals surface area contributed by atoms with Crippen LogP contribution in [0.5, 0.6) is 5.75 Å². The number of benzene rings is 1. The Morgan fingerprint density at radius 3 is 2.69 bits per heavy atom. The third-order valence-corrected chi connectivity index (χ3v) is 7.97. The van der Waals surface area contributed by atoms with Crippen molar-refractivity contribution in [2.24, 2.45) is 17.3 Å². The molecule has 4 rings (SSSR count). The van der Waals surface area contributed by atoms with Gasteiger partial charge in [0.15, 0.2) is 5.60 Å². The predicted octanol–water partition coefficient (Wildman–Crippen LogP) is 3.66. The molecule has 2 saturated carbocycles. The number of carbonyl (C=O) groups is 1. The summed E-state index contributed by atoms with van der Waals surface area (Å²) in [5, 5.41) is 0. The highest BCUT2D eigenvalue weighted by Gasteiger charge is 2.63. The minimum absolute atomic E-state index is 0.132. The zero-order valence-electron chi connectivity index (χ0n) is 16.7. The molecule has 5 atom stereocenters. The zero-order valence-corrected chi connectivity index (χ0v) is 17.5. The number of carbonyl (C=O) groups excluding carboxylic acids is 1. The van der Waals surface area contributed by atoms with Crippen molar-refractivity contribution in [3.8, 4) is 18.1 Å². The molecule has 0 aromatic heterocycles. The van der Waals surface area contributed by atoms with Crippen LogP contribution < -0.4 is 4.18 Å². The number of terminal acetylenes is 1. The molecule has 1 aromatic carbocycles. The molecular weight excluding hydrogens is 392 g/mol. The molecule has 0 heterocycles. The van der Waals surface area contributed by atoms with Gasteiger partial charge in [0.25, 0.3) is 0 Å². The highest BCUT2D eigenvalue weighted by atomic mass is 32.3. The predicted molar refractivity (Wildman–Crippen MR) is 107 cm³/mol. The number of hydrogen-bond acceptors (Lipinski definition) is 5. The van der Waals surface area contributed by atoms with E-state index in [1.54, 1.807) is 12.1 Å². The second kappa shape index (κ2) is 6.75. The summed E-state index contributed by atoms with van der Waals surface area (Å²) in [5.74, 6) is 3.84. The molecule has 29 heavy (non-hydrogen) atoms. The van der Waals surface area contributed by atoms with E-state index in [0.717, 1.165) is 37.7 Å². The third-order valence-electron chi connectivity index (χ3n) is 7.57. The van der Waals surface area contributed by atoms with Gasteiger partial charge in [-0.15, -0.1) is 6.42 Å². The van der Waals surface area contributed by atoms with Gasteiger partial charge in [-0.25, -0.2) is 0 Å². The lowest BCUT2D eigenvalue weighted by molar-refractivity contribution is -0.165. The average molecular weight is 419 g/mol. The molecule has 6 nitrogen and oxygen atoms in total. The number of esters is 1. The van der Waals surface area contributed by atoms with Gasteiger partial charge in [0.05, 0.1) is 0 Å². The van der Waals surface area contributed by atoms with Crippen LogP contribution in [-0.2, 0) is 26.4 Å².